The molecule has 3 aromatic rings. The highest BCUT2D eigenvalue weighted by Crippen LogP contribution is 2.27. The Balaban J connectivity index is 2.07. The molecular formula is C12H10FN5O. The number of aromatic nitrogens is 4. The maximum Gasteiger partial charge on any atom is 0.260 e. The van der Waals surface area contributed by atoms with Gasteiger partial charge in [-0.2, -0.15) is 4.98 Å². The van der Waals surface area contributed by atoms with E-state index in [1.807, 2.05) is 7.05 Å². The number of anilines is 1. The van der Waals surface area contributed by atoms with Crippen molar-refractivity contribution in [2.24, 2.45) is 7.05 Å². The standard InChI is InChI=1S/C12H10FN5O/c1-18-6-15-5-9(18)11-16-12(19-17-11)7-3-2-4-8(13)10(7)14/h2-6H,14H2,1H3. The minimum Gasteiger partial charge on any atom is -0.396 e. The van der Waals surface area contributed by atoms with Crippen LogP contribution in [0.4, 0.5) is 10.1 Å². The number of para-hydroxylation sites is 1. The van der Waals surface area contributed by atoms with Crippen molar-refractivity contribution in [1.29, 1.82) is 0 Å². The summed E-state index contributed by atoms with van der Waals surface area (Å²) in [6.45, 7) is 0. The molecule has 2 heterocycles. The third-order valence-electron chi connectivity index (χ3n) is 2.76. The lowest BCUT2D eigenvalue weighted by Crippen LogP contribution is -1.94. The molecule has 0 radical (unpaired) electrons. The number of aryl methyl sites for hydroxylation is 1. The minimum atomic E-state index is -0.516. The second-order valence-corrected chi connectivity index (χ2v) is 4.01. The fourth-order valence-electron chi connectivity index (χ4n) is 1.73. The Bertz CT molecular complexity index is 733. The van der Waals surface area contributed by atoms with Gasteiger partial charge in [-0.25, -0.2) is 9.37 Å². The molecule has 2 aromatic heterocycles. The number of hydrogen-bond acceptors (Lipinski definition) is 5. The van der Waals surface area contributed by atoms with Crippen molar-refractivity contribution in [1.82, 2.24) is 19.7 Å². The first-order valence-electron chi connectivity index (χ1n) is 5.51. The molecule has 0 saturated heterocycles. The van der Waals surface area contributed by atoms with Gasteiger partial charge < -0.3 is 14.8 Å². The Morgan fingerprint density at radius 2 is 2.21 bits per heavy atom. The fourth-order valence-corrected chi connectivity index (χ4v) is 1.73. The van der Waals surface area contributed by atoms with Gasteiger partial charge in [0.2, 0.25) is 5.82 Å². The summed E-state index contributed by atoms with van der Waals surface area (Å²) in [4.78, 5) is 8.17. The normalized spacial score (nSPS) is 10.8. The molecule has 1 aromatic carbocycles. The monoisotopic (exact) mass is 259 g/mol. The summed E-state index contributed by atoms with van der Waals surface area (Å²) < 4.78 is 20.3. The van der Waals surface area contributed by atoms with Gasteiger partial charge in [0.25, 0.3) is 5.89 Å². The van der Waals surface area contributed by atoms with E-state index in [0.29, 0.717) is 17.1 Å². The van der Waals surface area contributed by atoms with Crippen LogP contribution in [0.3, 0.4) is 0 Å². The Kier molecular flexibility index (Phi) is 2.52. The zero-order valence-electron chi connectivity index (χ0n) is 10.0. The van der Waals surface area contributed by atoms with Crippen molar-refractivity contribution < 1.29 is 8.91 Å². The molecule has 96 valence electrons. The van der Waals surface area contributed by atoms with E-state index < -0.39 is 5.82 Å². The summed E-state index contributed by atoms with van der Waals surface area (Å²) in [6, 6.07) is 4.44. The first-order chi connectivity index (χ1) is 9.16. The van der Waals surface area contributed by atoms with E-state index in [0.717, 1.165) is 0 Å². The van der Waals surface area contributed by atoms with Crippen LogP contribution >= 0.6 is 0 Å². The van der Waals surface area contributed by atoms with Gasteiger partial charge in [0.05, 0.1) is 23.8 Å². The predicted octanol–water partition coefficient (Wildman–Crippen LogP) is 1.86. The third-order valence-corrected chi connectivity index (χ3v) is 2.76. The van der Waals surface area contributed by atoms with E-state index in [1.54, 1.807) is 23.2 Å². The molecule has 3 rings (SSSR count). The Hall–Kier alpha value is -2.70. The quantitative estimate of drug-likeness (QED) is 0.710. The van der Waals surface area contributed by atoms with E-state index in [9.17, 15) is 4.39 Å². The van der Waals surface area contributed by atoms with Crippen LogP contribution in [0.1, 0.15) is 0 Å². The molecular weight excluding hydrogens is 249 g/mol. The summed E-state index contributed by atoms with van der Waals surface area (Å²) in [5.74, 6) is 0.0321. The SMILES string of the molecule is Cn1cncc1-c1noc(-c2cccc(F)c2N)n1. The maximum absolute atomic E-state index is 13.4. The molecule has 0 bridgehead atoms. The summed E-state index contributed by atoms with van der Waals surface area (Å²) in [7, 11) is 1.81. The van der Waals surface area contributed by atoms with Gasteiger partial charge in [-0.3, -0.25) is 0 Å². The Morgan fingerprint density at radius 3 is 2.95 bits per heavy atom. The molecule has 0 aliphatic rings. The Morgan fingerprint density at radius 1 is 1.37 bits per heavy atom. The molecule has 7 heteroatoms. The first kappa shape index (κ1) is 11.4. The van der Waals surface area contributed by atoms with Gasteiger partial charge in [-0.05, 0) is 12.1 Å². The van der Waals surface area contributed by atoms with E-state index >= 15 is 0 Å². The van der Waals surface area contributed by atoms with Crippen LogP contribution in [0.25, 0.3) is 23.0 Å². The van der Waals surface area contributed by atoms with Crippen LogP contribution < -0.4 is 5.73 Å². The summed E-state index contributed by atoms with van der Waals surface area (Å²) >= 11 is 0. The van der Waals surface area contributed by atoms with Crippen molar-refractivity contribution in [3.63, 3.8) is 0 Å². The molecule has 0 unspecified atom stereocenters. The number of rotatable bonds is 2. The number of nitrogens with two attached hydrogens (primary N) is 1. The Labute approximate surface area is 107 Å². The van der Waals surface area contributed by atoms with Crippen molar-refractivity contribution >= 4 is 5.69 Å². The molecule has 0 aliphatic carbocycles. The third kappa shape index (κ3) is 1.85. The van der Waals surface area contributed by atoms with Crippen molar-refractivity contribution in [3.8, 4) is 23.0 Å². The molecule has 2 N–H and O–H groups in total. The second-order valence-electron chi connectivity index (χ2n) is 4.01. The highest BCUT2D eigenvalue weighted by atomic mass is 19.1. The minimum absolute atomic E-state index is 0.0114. The average molecular weight is 259 g/mol. The van der Waals surface area contributed by atoms with Crippen LogP contribution in [-0.4, -0.2) is 19.7 Å². The van der Waals surface area contributed by atoms with Gasteiger partial charge in [-0.1, -0.05) is 11.2 Å². The van der Waals surface area contributed by atoms with Gasteiger partial charge in [0, 0.05) is 7.05 Å². The second kappa shape index (κ2) is 4.20. The number of nitrogen functional groups attached to an aromatic ring is 1. The van der Waals surface area contributed by atoms with Crippen LogP contribution in [0, 0.1) is 5.82 Å². The van der Waals surface area contributed by atoms with Gasteiger partial charge >= 0.3 is 0 Å². The lowest BCUT2D eigenvalue weighted by Gasteiger charge is -2.00. The molecule has 0 atom stereocenters. The molecule has 0 spiro atoms. The van der Waals surface area contributed by atoms with Crippen LogP contribution in [0.2, 0.25) is 0 Å². The topological polar surface area (TPSA) is 82.8 Å². The van der Waals surface area contributed by atoms with Crippen LogP contribution in [-0.2, 0) is 7.05 Å². The number of hydrogen-bond donors (Lipinski definition) is 1. The molecule has 0 aliphatic heterocycles. The zero-order chi connectivity index (χ0) is 13.4. The van der Waals surface area contributed by atoms with Crippen molar-refractivity contribution in [3.05, 3.63) is 36.5 Å². The highest BCUT2D eigenvalue weighted by molar-refractivity contribution is 5.71. The molecule has 0 fully saturated rings. The molecule has 0 saturated carbocycles. The molecule has 6 nitrogen and oxygen atoms in total. The molecule has 0 amide bonds. The van der Waals surface area contributed by atoms with Gasteiger partial charge in [-0.15, -0.1) is 0 Å². The fraction of sp³-hybridized carbons (Fsp3) is 0.0833. The largest absolute Gasteiger partial charge is 0.396 e. The van der Waals surface area contributed by atoms with Gasteiger partial charge in [0.15, 0.2) is 0 Å². The van der Waals surface area contributed by atoms with E-state index in [4.69, 9.17) is 10.3 Å². The van der Waals surface area contributed by atoms with Crippen LogP contribution in [0.15, 0.2) is 35.2 Å². The first-order valence-corrected chi connectivity index (χ1v) is 5.51. The smallest absolute Gasteiger partial charge is 0.260 e. The van der Waals surface area contributed by atoms with E-state index in [2.05, 4.69) is 15.1 Å². The van der Waals surface area contributed by atoms with E-state index in [-0.39, 0.29) is 11.6 Å². The summed E-state index contributed by atoms with van der Waals surface area (Å²) in [5, 5.41) is 3.84. The average Bonchev–Trinajstić information content (AvgIpc) is 3.01. The van der Waals surface area contributed by atoms with Crippen molar-refractivity contribution in [2.45, 2.75) is 0 Å². The van der Waals surface area contributed by atoms with E-state index in [1.165, 1.54) is 12.1 Å². The lowest BCUT2D eigenvalue weighted by molar-refractivity contribution is 0.432. The highest BCUT2D eigenvalue weighted by Gasteiger charge is 2.16. The summed E-state index contributed by atoms with van der Waals surface area (Å²) in [5.41, 5.74) is 6.72. The van der Waals surface area contributed by atoms with Crippen LogP contribution in [0.5, 0.6) is 0 Å². The van der Waals surface area contributed by atoms with Gasteiger partial charge in [0.1, 0.15) is 11.5 Å². The van der Waals surface area contributed by atoms with Crippen molar-refractivity contribution in [2.75, 3.05) is 5.73 Å². The predicted molar refractivity (Wildman–Crippen MR) is 66.3 cm³/mol. The number of imidazole rings is 1. The zero-order valence-corrected chi connectivity index (χ0v) is 10.0. The number of nitrogens with zero attached hydrogens (tertiary/aromatic N) is 4. The summed E-state index contributed by atoms with van der Waals surface area (Å²) in [6.07, 6.45) is 3.24. The maximum atomic E-state index is 13.4. The molecule has 19 heavy (non-hydrogen) atoms. The number of halogens is 1. The number of benzene rings is 1. The lowest BCUT2D eigenvalue weighted by atomic mass is 10.2.